The molecule has 3 aromatic carbocycles. The zero-order valence-corrected chi connectivity index (χ0v) is 17.4. The number of benzene rings is 3. The maximum atomic E-state index is 13.4. The first kappa shape index (κ1) is 21.1. The molecule has 0 radical (unpaired) electrons. The van der Waals surface area contributed by atoms with Crippen molar-refractivity contribution in [3.63, 3.8) is 0 Å². The highest BCUT2D eigenvalue weighted by atomic mass is 32.2. The number of imidazole rings is 1. The highest BCUT2D eigenvalue weighted by Crippen LogP contribution is 2.18. The summed E-state index contributed by atoms with van der Waals surface area (Å²) >= 11 is 0. The summed E-state index contributed by atoms with van der Waals surface area (Å²) in [6, 6.07) is 20.3. The van der Waals surface area contributed by atoms with Gasteiger partial charge in [0.15, 0.2) is 11.6 Å². The molecule has 0 unspecified atom stereocenters. The van der Waals surface area contributed by atoms with Crippen LogP contribution in [0.5, 0.6) is 0 Å². The predicted molar refractivity (Wildman–Crippen MR) is 115 cm³/mol. The Labute approximate surface area is 179 Å². The van der Waals surface area contributed by atoms with Crippen molar-refractivity contribution in [3.8, 4) is 0 Å². The highest BCUT2D eigenvalue weighted by molar-refractivity contribution is 7.89. The molecule has 0 aliphatic rings. The molecule has 160 valence electrons. The van der Waals surface area contributed by atoms with Crippen molar-refractivity contribution in [1.82, 2.24) is 14.3 Å². The van der Waals surface area contributed by atoms with Gasteiger partial charge in [-0.2, -0.15) is 0 Å². The molecule has 8 heteroatoms. The molecule has 1 N–H and O–H groups in total. The molecule has 0 saturated carbocycles. The monoisotopic (exact) mass is 441 g/mol. The summed E-state index contributed by atoms with van der Waals surface area (Å²) in [5.41, 5.74) is 2.95. The maximum Gasteiger partial charge on any atom is 0.240 e. The van der Waals surface area contributed by atoms with Crippen LogP contribution in [0.25, 0.3) is 11.0 Å². The Morgan fingerprint density at radius 3 is 2.39 bits per heavy atom. The largest absolute Gasteiger partial charge is 0.327 e. The number of para-hydroxylation sites is 2. The van der Waals surface area contributed by atoms with Crippen molar-refractivity contribution in [1.29, 1.82) is 0 Å². The zero-order valence-electron chi connectivity index (χ0n) is 16.6. The molecule has 0 aliphatic carbocycles. The second-order valence-electron chi connectivity index (χ2n) is 7.13. The van der Waals surface area contributed by atoms with E-state index in [1.54, 1.807) is 0 Å². The van der Waals surface area contributed by atoms with Gasteiger partial charge in [-0.25, -0.2) is 26.9 Å². The topological polar surface area (TPSA) is 64.0 Å². The normalized spacial score (nSPS) is 11.8. The van der Waals surface area contributed by atoms with Crippen LogP contribution in [0.4, 0.5) is 8.78 Å². The van der Waals surface area contributed by atoms with Crippen molar-refractivity contribution in [3.05, 3.63) is 95.8 Å². The van der Waals surface area contributed by atoms with Crippen LogP contribution in [-0.4, -0.2) is 24.5 Å². The third kappa shape index (κ3) is 4.81. The van der Waals surface area contributed by atoms with Crippen molar-refractivity contribution in [2.24, 2.45) is 0 Å². The first-order valence-corrected chi connectivity index (χ1v) is 11.4. The summed E-state index contributed by atoms with van der Waals surface area (Å²) in [5, 5.41) is 0. The standard InChI is InChI=1S/C23H21F2N3O2S/c24-19-12-11-18(16-20(19)25)31(29,30)26-14-15-28-22-9-5-4-8-21(22)27-23(28)13-10-17-6-2-1-3-7-17/h1-9,11-12,16,26H,10,13-15H2. The van der Waals surface area contributed by atoms with Gasteiger partial charge < -0.3 is 4.57 Å². The van der Waals surface area contributed by atoms with E-state index in [9.17, 15) is 17.2 Å². The lowest BCUT2D eigenvalue weighted by molar-refractivity contribution is 0.504. The summed E-state index contributed by atoms with van der Waals surface area (Å²) in [7, 11) is -3.96. The number of nitrogens with one attached hydrogen (secondary N) is 1. The molecule has 0 saturated heterocycles. The van der Waals surface area contributed by atoms with Crippen LogP contribution < -0.4 is 4.72 Å². The molecule has 0 spiro atoms. The number of hydrogen-bond donors (Lipinski definition) is 1. The maximum absolute atomic E-state index is 13.4. The second kappa shape index (κ2) is 8.95. The van der Waals surface area contributed by atoms with Crippen LogP contribution in [0.3, 0.4) is 0 Å². The molecule has 1 heterocycles. The summed E-state index contributed by atoms with van der Waals surface area (Å²) in [6.07, 6.45) is 1.51. The van der Waals surface area contributed by atoms with Crippen LogP contribution in [0.1, 0.15) is 11.4 Å². The summed E-state index contributed by atoms with van der Waals surface area (Å²) in [4.78, 5) is 4.40. The zero-order chi connectivity index (χ0) is 21.8. The Morgan fingerprint density at radius 2 is 1.61 bits per heavy atom. The number of rotatable bonds is 8. The van der Waals surface area contributed by atoms with Crippen LogP contribution >= 0.6 is 0 Å². The summed E-state index contributed by atoms with van der Waals surface area (Å²) < 4.78 is 55.9. The van der Waals surface area contributed by atoms with E-state index in [2.05, 4.69) is 16.9 Å². The van der Waals surface area contributed by atoms with Gasteiger partial charge in [0.05, 0.1) is 15.9 Å². The average Bonchev–Trinajstić information content (AvgIpc) is 3.12. The average molecular weight is 442 g/mol. The van der Waals surface area contributed by atoms with Gasteiger partial charge in [-0.05, 0) is 42.3 Å². The minimum atomic E-state index is -3.96. The number of fused-ring (bicyclic) bond motifs is 1. The molecular weight excluding hydrogens is 420 g/mol. The van der Waals surface area contributed by atoms with Crippen molar-refractivity contribution >= 4 is 21.1 Å². The fraction of sp³-hybridized carbons (Fsp3) is 0.174. The van der Waals surface area contributed by atoms with Gasteiger partial charge in [-0.3, -0.25) is 0 Å². The number of halogens is 2. The second-order valence-corrected chi connectivity index (χ2v) is 8.89. The Balaban J connectivity index is 1.51. The number of aromatic nitrogens is 2. The third-order valence-corrected chi connectivity index (χ3v) is 6.50. The van der Waals surface area contributed by atoms with Gasteiger partial charge in [-0.15, -0.1) is 0 Å². The van der Waals surface area contributed by atoms with Gasteiger partial charge in [0, 0.05) is 19.5 Å². The quantitative estimate of drug-likeness (QED) is 0.448. The molecule has 0 fully saturated rings. The fourth-order valence-corrected chi connectivity index (χ4v) is 4.52. The number of aryl methyl sites for hydroxylation is 2. The predicted octanol–water partition coefficient (Wildman–Crippen LogP) is 4.08. The van der Waals surface area contributed by atoms with Crippen LogP contribution in [0, 0.1) is 11.6 Å². The molecule has 4 rings (SSSR count). The van der Waals surface area contributed by atoms with Crippen molar-refractivity contribution < 1.29 is 17.2 Å². The summed E-state index contributed by atoms with van der Waals surface area (Å²) in [6.45, 7) is 0.438. The Hall–Kier alpha value is -3.10. The highest BCUT2D eigenvalue weighted by Gasteiger charge is 2.17. The van der Waals surface area contributed by atoms with E-state index in [4.69, 9.17) is 4.98 Å². The Kier molecular flexibility index (Phi) is 6.11. The van der Waals surface area contributed by atoms with E-state index in [0.29, 0.717) is 19.0 Å². The van der Waals surface area contributed by atoms with Gasteiger partial charge in [0.25, 0.3) is 0 Å². The van der Waals surface area contributed by atoms with E-state index in [-0.39, 0.29) is 11.4 Å². The molecule has 0 amide bonds. The minimum Gasteiger partial charge on any atom is -0.327 e. The van der Waals surface area contributed by atoms with Crippen LogP contribution in [0.15, 0.2) is 77.7 Å². The van der Waals surface area contributed by atoms with Gasteiger partial charge in [0.1, 0.15) is 5.82 Å². The lowest BCUT2D eigenvalue weighted by atomic mass is 10.1. The van der Waals surface area contributed by atoms with Crippen molar-refractivity contribution in [2.75, 3.05) is 6.54 Å². The SMILES string of the molecule is O=S(=O)(NCCn1c(CCc2ccccc2)nc2ccccc21)c1ccc(F)c(F)c1. The van der Waals surface area contributed by atoms with Crippen LogP contribution in [-0.2, 0) is 29.4 Å². The lowest BCUT2D eigenvalue weighted by Crippen LogP contribution is -2.28. The molecule has 5 nitrogen and oxygen atoms in total. The van der Waals surface area contributed by atoms with E-state index in [0.717, 1.165) is 35.4 Å². The minimum absolute atomic E-state index is 0.0834. The third-order valence-electron chi connectivity index (χ3n) is 5.04. The first-order valence-electron chi connectivity index (χ1n) is 9.87. The van der Waals surface area contributed by atoms with Gasteiger partial charge >= 0.3 is 0 Å². The van der Waals surface area contributed by atoms with E-state index in [1.807, 2.05) is 47.0 Å². The fourth-order valence-electron chi connectivity index (χ4n) is 3.49. The molecule has 4 aromatic rings. The molecule has 0 bridgehead atoms. The smallest absolute Gasteiger partial charge is 0.240 e. The van der Waals surface area contributed by atoms with E-state index < -0.39 is 21.7 Å². The Morgan fingerprint density at radius 1 is 0.871 bits per heavy atom. The molecule has 1 aromatic heterocycles. The Bertz CT molecular complexity index is 1310. The number of hydrogen-bond acceptors (Lipinski definition) is 3. The molecule has 0 atom stereocenters. The number of nitrogens with zero attached hydrogens (tertiary/aromatic N) is 2. The van der Waals surface area contributed by atoms with E-state index in [1.165, 1.54) is 5.56 Å². The first-order chi connectivity index (χ1) is 14.9. The summed E-state index contributed by atoms with van der Waals surface area (Å²) in [5.74, 6) is -1.43. The lowest BCUT2D eigenvalue weighted by Gasteiger charge is -2.11. The molecular formula is C23H21F2N3O2S. The van der Waals surface area contributed by atoms with Gasteiger partial charge in [0.2, 0.25) is 10.0 Å². The van der Waals surface area contributed by atoms with Crippen LogP contribution in [0.2, 0.25) is 0 Å². The molecule has 31 heavy (non-hydrogen) atoms. The van der Waals surface area contributed by atoms with Gasteiger partial charge in [-0.1, -0.05) is 42.5 Å². The van der Waals surface area contributed by atoms with E-state index >= 15 is 0 Å². The number of sulfonamides is 1. The molecule has 0 aliphatic heterocycles. The van der Waals surface area contributed by atoms with Crippen molar-refractivity contribution in [2.45, 2.75) is 24.3 Å².